The summed E-state index contributed by atoms with van der Waals surface area (Å²) >= 11 is 0. The normalized spacial score (nSPS) is 17.3. The van der Waals surface area contributed by atoms with Crippen molar-refractivity contribution < 1.29 is 9.26 Å². The number of benzene rings is 1. The van der Waals surface area contributed by atoms with E-state index in [9.17, 15) is 0 Å². The van der Waals surface area contributed by atoms with Crippen LogP contribution in [0.25, 0.3) is 23.0 Å². The lowest BCUT2D eigenvalue weighted by Gasteiger charge is -2.07. The van der Waals surface area contributed by atoms with Gasteiger partial charge in [-0.05, 0) is 49.6 Å². The largest absolute Gasteiger partial charge is 0.381 e. The molecule has 1 saturated heterocycles. The summed E-state index contributed by atoms with van der Waals surface area (Å²) in [4.78, 5) is 9.00. The maximum atomic E-state index is 5.45. The van der Waals surface area contributed by atoms with Crippen molar-refractivity contribution in [3.63, 3.8) is 0 Å². The van der Waals surface area contributed by atoms with Gasteiger partial charge in [0.1, 0.15) is 5.69 Å². The highest BCUT2D eigenvalue weighted by molar-refractivity contribution is 5.58. The molecule has 1 aliphatic heterocycles. The van der Waals surface area contributed by atoms with E-state index in [4.69, 9.17) is 9.26 Å². The molecule has 0 spiro atoms. The summed E-state index contributed by atoms with van der Waals surface area (Å²) < 4.78 is 10.9. The molecule has 1 atom stereocenters. The smallest absolute Gasteiger partial charge is 0.258 e. The summed E-state index contributed by atoms with van der Waals surface area (Å²) in [5.41, 5.74) is 5.07. The Morgan fingerprint density at radius 2 is 1.83 bits per heavy atom. The van der Waals surface area contributed by atoms with Gasteiger partial charge in [0.2, 0.25) is 5.82 Å². The Bertz CT molecular complexity index is 849. The van der Waals surface area contributed by atoms with Gasteiger partial charge in [0.25, 0.3) is 5.89 Å². The summed E-state index contributed by atoms with van der Waals surface area (Å²) in [6, 6.07) is 12.2. The van der Waals surface area contributed by atoms with E-state index in [1.54, 1.807) is 0 Å². The zero-order chi connectivity index (χ0) is 16.5. The number of ether oxygens (including phenoxy) is 1. The standard InChI is InChI=1S/C19H19N3O2/c1-12-3-8-17(20-13(12)2)18-21-19(24-22-18)15-6-4-14(5-7-15)16-9-10-23-11-16/h3-8,16H,9-11H2,1-2H3. The number of hydrogen-bond donors (Lipinski definition) is 0. The Balaban J connectivity index is 1.58. The molecule has 3 aromatic rings. The van der Waals surface area contributed by atoms with E-state index in [0.29, 0.717) is 17.6 Å². The summed E-state index contributed by atoms with van der Waals surface area (Å²) in [5, 5.41) is 4.06. The van der Waals surface area contributed by atoms with Crippen molar-refractivity contribution in [3.8, 4) is 23.0 Å². The summed E-state index contributed by atoms with van der Waals surface area (Å²) in [6.45, 7) is 5.67. The fraction of sp³-hybridized carbons (Fsp3) is 0.316. The Kier molecular flexibility index (Phi) is 3.86. The van der Waals surface area contributed by atoms with Gasteiger partial charge in [-0.15, -0.1) is 0 Å². The number of pyridine rings is 1. The lowest BCUT2D eigenvalue weighted by atomic mass is 9.97. The second kappa shape index (κ2) is 6.17. The van der Waals surface area contributed by atoms with Crippen LogP contribution >= 0.6 is 0 Å². The minimum absolute atomic E-state index is 0.497. The maximum absolute atomic E-state index is 5.45. The molecule has 5 heteroatoms. The summed E-state index contributed by atoms with van der Waals surface area (Å²) in [6.07, 6.45) is 1.09. The first-order valence-corrected chi connectivity index (χ1v) is 8.17. The molecule has 0 bridgehead atoms. The molecule has 0 N–H and O–H groups in total. The third-order valence-corrected chi connectivity index (χ3v) is 4.56. The number of aromatic nitrogens is 3. The van der Waals surface area contributed by atoms with Crippen LogP contribution in [0.1, 0.15) is 29.2 Å². The maximum Gasteiger partial charge on any atom is 0.258 e. The molecule has 1 unspecified atom stereocenters. The van der Waals surface area contributed by atoms with Crippen molar-refractivity contribution in [2.75, 3.05) is 13.2 Å². The molecular weight excluding hydrogens is 302 g/mol. The van der Waals surface area contributed by atoms with E-state index in [1.165, 1.54) is 5.56 Å². The van der Waals surface area contributed by atoms with E-state index in [1.807, 2.05) is 38.1 Å². The van der Waals surface area contributed by atoms with Crippen molar-refractivity contribution in [3.05, 3.63) is 53.2 Å². The van der Waals surface area contributed by atoms with Crippen LogP contribution < -0.4 is 0 Å². The van der Waals surface area contributed by atoms with Crippen LogP contribution in [-0.2, 0) is 4.74 Å². The predicted octanol–water partition coefficient (Wildman–Crippen LogP) is 3.92. The van der Waals surface area contributed by atoms with Gasteiger partial charge in [-0.2, -0.15) is 4.98 Å². The molecule has 2 aromatic heterocycles. The molecule has 24 heavy (non-hydrogen) atoms. The van der Waals surface area contributed by atoms with Gasteiger partial charge >= 0.3 is 0 Å². The summed E-state index contributed by atoms with van der Waals surface area (Å²) in [5.74, 6) is 1.53. The first-order valence-electron chi connectivity index (χ1n) is 8.17. The molecule has 3 heterocycles. The van der Waals surface area contributed by atoms with Crippen molar-refractivity contribution in [1.29, 1.82) is 0 Å². The highest BCUT2D eigenvalue weighted by Crippen LogP contribution is 2.28. The highest BCUT2D eigenvalue weighted by atomic mass is 16.5. The van der Waals surface area contributed by atoms with Crippen LogP contribution in [0.3, 0.4) is 0 Å². The third kappa shape index (κ3) is 2.83. The second-order valence-electron chi connectivity index (χ2n) is 6.20. The monoisotopic (exact) mass is 321 g/mol. The van der Waals surface area contributed by atoms with Gasteiger partial charge in [0.15, 0.2) is 0 Å². The fourth-order valence-electron chi connectivity index (χ4n) is 2.90. The topological polar surface area (TPSA) is 61.0 Å². The van der Waals surface area contributed by atoms with Gasteiger partial charge in [0.05, 0.1) is 6.61 Å². The third-order valence-electron chi connectivity index (χ3n) is 4.56. The Labute approximate surface area is 140 Å². The summed E-state index contributed by atoms with van der Waals surface area (Å²) in [7, 11) is 0. The van der Waals surface area contributed by atoms with Crippen molar-refractivity contribution >= 4 is 0 Å². The number of rotatable bonds is 3. The van der Waals surface area contributed by atoms with Crippen LogP contribution in [0.4, 0.5) is 0 Å². The molecule has 1 fully saturated rings. The van der Waals surface area contributed by atoms with Gasteiger partial charge in [-0.25, -0.2) is 4.98 Å². The number of hydrogen-bond acceptors (Lipinski definition) is 5. The molecule has 0 aliphatic carbocycles. The average Bonchev–Trinajstić information content (AvgIpc) is 3.29. The molecule has 122 valence electrons. The lowest BCUT2D eigenvalue weighted by Crippen LogP contribution is -1.96. The molecule has 0 saturated carbocycles. The van der Waals surface area contributed by atoms with Crippen molar-refractivity contribution in [2.24, 2.45) is 0 Å². The van der Waals surface area contributed by atoms with E-state index >= 15 is 0 Å². The highest BCUT2D eigenvalue weighted by Gasteiger charge is 2.18. The molecule has 1 aliphatic rings. The number of nitrogens with zero attached hydrogens (tertiary/aromatic N) is 3. The second-order valence-corrected chi connectivity index (χ2v) is 6.20. The Morgan fingerprint density at radius 1 is 1.00 bits per heavy atom. The van der Waals surface area contributed by atoms with Gasteiger partial charge < -0.3 is 9.26 Å². The predicted molar refractivity (Wildman–Crippen MR) is 90.6 cm³/mol. The van der Waals surface area contributed by atoms with E-state index in [-0.39, 0.29) is 0 Å². The van der Waals surface area contributed by atoms with Crippen LogP contribution in [0.2, 0.25) is 0 Å². The van der Waals surface area contributed by atoms with E-state index < -0.39 is 0 Å². The first kappa shape index (κ1) is 15.0. The molecule has 4 rings (SSSR count). The van der Waals surface area contributed by atoms with Crippen molar-refractivity contribution in [2.45, 2.75) is 26.2 Å². The Hall–Kier alpha value is -2.53. The molecule has 5 nitrogen and oxygen atoms in total. The fourth-order valence-corrected chi connectivity index (χ4v) is 2.90. The van der Waals surface area contributed by atoms with E-state index in [0.717, 1.165) is 42.1 Å². The first-order chi connectivity index (χ1) is 11.7. The quantitative estimate of drug-likeness (QED) is 0.731. The van der Waals surface area contributed by atoms with E-state index in [2.05, 4.69) is 27.3 Å². The SMILES string of the molecule is Cc1ccc(-c2noc(-c3ccc(C4CCOC4)cc3)n2)nc1C. The van der Waals surface area contributed by atoms with Gasteiger partial charge in [-0.3, -0.25) is 0 Å². The minimum Gasteiger partial charge on any atom is -0.381 e. The molecular formula is C19H19N3O2. The van der Waals surface area contributed by atoms with Gasteiger partial charge in [0, 0.05) is 23.8 Å². The Morgan fingerprint density at radius 3 is 2.54 bits per heavy atom. The van der Waals surface area contributed by atoms with Crippen LogP contribution in [0.5, 0.6) is 0 Å². The van der Waals surface area contributed by atoms with Crippen LogP contribution in [0, 0.1) is 13.8 Å². The van der Waals surface area contributed by atoms with Crippen LogP contribution in [0.15, 0.2) is 40.9 Å². The lowest BCUT2D eigenvalue weighted by molar-refractivity contribution is 0.194. The molecule has 0 amide bonds. The minimum atomic E-state index is 0.497. The molecule has 0 radical (unpaired) electrons. The zero-order valence-corrected chi connectivity index (χ0v) is 13.8. The number of aryl methyl sites for hydroxylation is 2. The van der Waals surface area contributed by atoms with Crippen molar-refractivity contribution in [1.82, 2.24) is 15.1 Å². The van der Waals surface area contributed by atoms with Gasteiger partial charge in [-0.1, -0.05) is 23.4 Å². The average molecular weight is 321 g/mol. The molecule has 1 aromatic carbocycles. The van der Waals surface area contributed by atoms with Crippen LogP contribution in [-0.4, -0.2) is 28.3 Å². The zero-order valence-electron chi connectivity index (χ0n) is 13.8.